The van der Waals surface area contributed by atoms with E-state index >= 15 is 0 Å². The zero-order chi connectivity index (χ0) is 20.2. The predicted molar refractivity (Wildman–Crippen MR) is 112 cm³/mol. The van der Waals surface area contributed by atoms with Gasteiger partial charge in [-0.1, -0.05) is 60.2 Å². The molecule has 29 heavy (non-hydrogen) atoms. The first kappa shape index (κ1) is 19.3. The van der Waals surface area contributed by atoms with Gasteiger partial charge in [0.15, 0.2) is 0 Å². The third-order valence-electron chi connectivity index (χ3n) is 4.69. The van der Waals surface area contributed by atoms with Gasteiger partial charge in [0.1, 0.15) is 5.01 Å². The van der Waals surface area contributed by atoms with E-state index in [1.165, 1.54) is 16.9 Å². The number of aromatic nitrogens is 1. The monoisotopic (exact) mass is 406 g/mol. The van der Waals surface area contributed by atoms with E-state index < -0.39 is 12.1 Å². The van der Waals surface area contributed by atoms with Crippen LogP contribution >= 0.6 is 11.3 Å². The van der Waals surface area contributed by atoms with E-state index in [0.717, 1.165) is 23.4 Å². The standard InChI is InChI=1S/C23H22N2O3S/c1-15-7-9-17(10-8-15)23-25-19(14-29-23)13-20(26)28-21(16-5-3-2-4-6-16)22(27)24-18-11-12-18/h2-10,14,18,21H,11-13H2,1H3,(H,24,27)/t21-/m0/s1. The molecule has 2 aromatic carbocycles. The molecule has 0 radical (unpaired) electrons. The van der Waals surface area contributed by atoms with Crippen LogP contribution in [0.1, 0.15) is 35.8 Å². The van der Waals surface area contributed by atoms with Gasteiger partial charge in [-0.25, -0.2) is 4.98 Å². The maximum absolute atomic E-state index is 12.6. The molecule has 1 heterocycles. The van der Waals surface area contributed by atoms with Crippen LogP contribution in [0, 0.1) is 6.92 Å². The third-order valence-corrected chi connectivity index (χ3v) is 5.63. The highest BCUT2D eigenvalue weighted by Crippen LogP contribution is 2.26. The van der Waals surface area contributed by atoms with E-state index in [4.69, 9.17) is 4.74 Å². The predicted octanol–water partition coefficient (Wildman–Crippen LogP) is 4.22. The number of rotatable bonds is 7. The number of ether oxygens (including phenoxy) is 1. The Morgan fingerprint density at radius 2 is 1.86 bits per heavy atom. The Morgan fingerprint density at radius 1 is 1.14 bits per heavy atom. The second kappa shape index (κ2) is 8.57. The van der Waals surface area contributed by atoms with Crippen LogP contribution in [0.5, 0.6) is 0 Å². The van der Waals surface area contributed by atoms with Gasteiger partial charge in [-0.3, -0.25) is 9.59 Å². The first-order chi connectivity index (χ1) is 14.1. The van der Waals surface area contributed by atoms with Crippen LogP contribution in [0.25, 0.3) is 10.6 Å². The van der Waals surface area contributed by atoms with Crippen LogP contribution in [-0.4, -0.2) is 22.9 Å². The second-order valence-electron chi connectivity index (χ2n) is 7.25. The van der Waals surface area contributed by atoms with Gasteiger partial charge in [0.05, 0.1) is 12.1 Å². The van der Waals surface area contributed by atoms with Crippen LogP contribution in [0.4, 0.5) is 0 Å². The van der Waals surface area contributed by atoms with Crippen molar-refractivity contribution in [3.05, 3.63) is 76.8 Å². The lowest BCUT2D eigenvalue weighted by Crippen LogP contribution is -2.33. The summed E-state index contributed by atoms with van der Waals surface area (Å²) < 4.78 is 5.58. The lowest BCUT2D eigenvalue weighted by molar-refractivity contribution is -0.156. The maximum Gasteiger partial charge on any atom is 0.313 e. The molecule has 1 saturated carbocycles. The topological polar surface area (TPSA) is 68.3 Å². The van der Waals surface area contributed by atoms with Crippen molar-refractivity contribution in [1.82, 2.24) is 10.3 Å². The number of esters is 1. The van der Waals surface area contributed by atoms with Crippen molar-refractivity contribution < 1.29 is 14.3 Å². The molecule has 0 saturated heterocycles. The van der Waals surface area contributed by atoms with Crippen LogP contribution < -0.4 is 5.32 Å². The summed E-state index contributed by atoms with van der Waals surface area (Å²) in [4.78, 5) is 29.7. The van der Waals surface area contributed by atoms with Gasteiger partial charge in [-0.2, -0.15) is 0 Å². The van der Waals surface area contributed by atoms with Crippen molar-refractivity contribution in [2.75, 3.05) is 0 Å². The smallest absolute Gasteiger partial charge is 0.313 e. The molecular weight excluding hydrogens is 384 g/mol. The number of thiazole rings is 1. The fraction of sp³-hybridized carbons (Fsp3) is 0.261. The molecule has 1 atom stereocenters. The molecular formula is C23H22N2O3S. The average molecular weight is 407 g/mol. The van der Waals surface area contributed by atoms with Gasteiger partial charge in [0.25, 0.3) is 5.91 Å². The maximum atomic E-state index is 12.6. The van der Waals surface area contributed by atoms with E-state index in [0.29, 0.717) is 11.3 Å². The summed E-state index contributed by atoms with van der Waals surface area (Å²) in [6.07, 6.45) is 1.03. The number of aryl methyl sites for hydroxylation is 1. The minimum absolute atomic E-state index is 0.0302. The van der Waals surface area contributed by atoms with Gasteiger partial charge in [0.2, 0.25) is 6.10 Å². The summed E-state index contributed by atoms with van der Waals surface area (Å²) >= 11 is 1.49. The molecule has 0 spiro atoms. The van der Waals surface area contributed by atoms with Crippen molar-refractivity contribution in [2.24, 2.45) is 0 Å². The molecule has 6 heteroatoms. The lowest BCUT2D eigenvalue weighted by atomic mass is 10.1. The van der Waals surface area contributed by atoms with Crippen LogP contribution in [-0.2, 0) is 20.7 Å². The molecule has 4 rings (SSSR count). The minimum Gasteiger partial charge on any atom is -0.447 e. The Bertz CT molecular complexity index is 994. The Hall–Kier alpha value is -2.99. The van der Waals surface area contributed by atoms with Crippen molar-refractivity contribution in [3.8, 4) is 10.6 Å². The van der Waals surface area contributed by atoms with E-state index in [2.05, 4.69) is 10.3 Å². The molecule has 1 N–H and O–H groups in total. The van der Waals surface area contributed by atoms with Gasteiger partial charge >= 0.3 is 5.97 Å². The molecule has 1 fully saturated rings. The number of carbonyl (C=O) groups excluding carboxylic acids is 2. The van der Waals surface area contributed by atoms with Crippen molar-refractivity contribution in [3.63, 3.8) is 0 Å². The summed E-state index contributed by atoms with van der Waals surface area (Å²) in [7, 11) is 0. The molecule has 1 amide bonds. The average Bonchev–Trinajstić information content (AvgIpc) is 3.42. The number of nitrogens with zero attached hydrogens (tertiary/aromatic N) is 1. The van der Waals surface area contributed by atoms with E-state index in [-0.39, 0.29) is 18.4 Å². The summed E-state index contributed by atoms with van der Waals surface area (Å²) in [5.74, 6) is -0.740. The van der Waals surface area contributed by atoms with Crippen molar-refractivity contribution >= 4 is 23.2 Å². The quantitative estimate of drug-likeness (QED) is 0.597. The first-order valence-electron chi connectivity index (χ1n) is 9.65. The molecule has 0 unspecified atom stereocenters. The largest absolute Gasteiger partial charge is 0.447 e. The number of hydrogen-bond donors (Lipinski definition) is 1. The molecule has 3 aromatic rings. The fourth-order valence-corrected chi connectivity index (χ4v) is 3.77. The summed E-state index contributed by atoms with van der Waals surface area (Å²) in [5.41, 5.74) is 3.51. The normalized spacial score (nSPS) is 14.2. The molecule has 1 aromatic heterocycles. The highest BCUT2D eigenvalue weighted by molar-refractivity contribution is 7.13. The zero-order valence-corrected chi connectivity index (χ0v) is 16.9. The van der Waals surface area contributed by atoms with Crippen LogP contribution in [0.2, 0.25) is 0 Å². The van der Waals surface area contributed by atoms with Gasteiger partial charge in [-0.15, -0.1) is 11.3 Å². The molecule has 0 aliphatic heterocycles. The van der Waals surface area contributed by atoms with Crippen molar-refractivity contribution in [1.29, 1.82) is 0 Å². The highest BCUT2D eigenvalue weighted by Gasteiger charge is 2.30. The number of benzene rings is 2. The van der Waals surface area contributed by atoms with Crippen molar-refractivity contribution in [2.45, 2.75) is 38.3 Å². The molecule has 148 valence electrons. The lowest BCUT2D eigenvalue weighted by Gasteiger charge is -2.17. The highest BCUT2D eigenvalue weighted by atomic mass is 32.1. The zero-order valence-electron chi connectivity index (χ0n) is 16.1. The van der Waals surface area contributed by atoms with Crippen LogP contribution in [0.15, 0.2) is 60.0 Å². The number of nitrogens with one attached hydrogen (secondary N) is 1. The Balaban J connectivity index is 1.44. The van der Waals surface area contributed by atoms with E-state index in [9.17, 15) is 9.59 Å². The number of carbonyl (C=O) groups is 2. The Morgan fingerprint density at radius 3 is 2.55 bits per heavy atom. The van der Waals surface area contributed by atoms with E-state index in [1.807, 2.05) is 54.8 Å². The Labute approximate surface area is 173 Å². The third kappa shape index (κ3) is 5.09. The molecule has 1 aliphatic carbocycles. The van der Waals surface area contributed by atoms with Gasteiger partial charge in [-0.05, 0) is 19.8 Å². The number of hydrogen-bond acceptors (Lipinski definition) is 5. The fourth-order valence-electron chi connectivity index (χ4n) is 2.94. The summed E-state index contributed by atoms with van der Waals surface area (Å²) in [6.45, 7) is 2.04. The number of amides is 1. The van der Waals surface area contributed by atoms with Gasteiger partial charge < -0.3 is 10.1 Å². The van der Waals surface area contributed by atoms with Gasteiger partial charge in [0, 0.05) is 22.5 Å². The first-order valence-corrected chi connectivity index (χ1v) is 10.5. The second-order valence-corrected chi connectivity index (χ2v) is 8.11. The molecule has 1 aliphatic rings. The molecule has 5 nitrogen and oxygen atoms in total. The molecule has 0 bridgehead atoms. The summed E-state index contributed by atoms with van der Waals surface area (Å²) in [5, 5.41) is 5.64. The Kier molecular flexibility index (Phi) is 5.71. The summed E-state index contributed by atoms with van der Waals surface area (Å²) in [6, 6.07) is 17.4. The van der Waals surface area contributed by atoms with E-state index in [1.54, 1.807) is 12.1 Å². The van der Waals surface area contributed by atoms with Crippen LogP contribution in [0.3, 0.4) is 0 Å². The minimum atomic E-state index is -0.945. The SMILES string of the molecule is Cc1ccc(-c2nc(CC(=O)O[C@H](C(=O)NC3CC3)c3ccccc3)cs2)cc1.